The second-order valence-corrected chi connectivity index (χ2v) is 9.79. The monoisotopic (exact) mass is 405 g/mol. The van der Waals surface area contributed by atoms with Crippen molar-refractivity contribution < 1.29 is 8.42 Å². The van der Waals surface area contributed by atoms with E-state index in [9.17, 15) is 8.42 Å². The summed E-state index contributed by atoms with van der Waals surface area (Å²) in [4.78, 5) is 0.213. The van der Waals surface area contributed by atoms with Crippen LogP contribution < -0.4 is 4.72 Å². The second kappa shape index (κ2) is 8.20. The zero-order valence-electron chi connectivity index (χ0n) is 14.3. The molecule has 1 aromatic carbocycles. The Morgan fingerprint density at radius 1 is 1.35 bits per heavy atom. The van der Waals surface area contributed by atoms with Gasteiger partial charge in [-0.05, 0) is 37.0 Å². The summed E-state index contributed by atoms with van der Waals surface area (Å²) >= 11 is 2.83. The van der Waals surface area contributed by atoms with Crippen LogP contribution in [0.3, 0.4) is 0 Å². The molecule has 0 unspecified atom stereocenters. The molecule has 0 bridgehead atoms. The molecule has 5 nitrogen and oxygen atoms in total. The topological polar surface area (TPSA) is 72.0 Å². The molecule has 0 radical (unpaired) electrons. The van der Waals surface area contributed by atoms with E-state index in [2.05, 4.69) is 39.7 Å². The molecule has 1 N–H and O–H groups in total. The van der Waals surface area contributed by atoms with Crippen molar-refractivity contribution in [3.8, 4) is 0 Å². The lowest BCUT2D eigenvalue weighted by atomic mass is 9.98. The molecule has 0 fully saturated rings. The smallest absolute Gasteiger partial charge is 0.253 e. The number of sulfonamides is 1. The Hall–Kier alpha value is -1.90. The van der Waals surface area contributed by atoms with Gasteiger partial charge in [-0.15, -0.1) is 10.2 Å². The van der Waals surface area contributed by atoms with E-state index in [4.69, 9.17) is 0 Å². The van der Waals surface area contributed by atoms with Crippen molar-refractivity contribution in [3.63, 3.8) is 0 Å². The molecule has 0 amide bonds. The number of nitrogens with one attached hydrogen (secondary N) is 1. The third-order valence-electron chi connectivity index (χ3n) is 3.83. The molecule has 0 saturated carbocycles. The molecule has 1 heterocycles. The van der Waals surface area contributed by atoms with Crippen LogP contribution >= 0.6 is 23.1 Å². The Morgan fingerprint density at radius 2 is 2.12 bits per heavy atom. The number of thioether (sulfide) groups is 1. The van der Waals surface area contributed by atoms with E-state index < -0.39 is 10.0 Å². The molecule has 2 aromatic rings. The highest BCUT2D eigenvalue weighted by Gasteiger charge is 2.17. The summed E-state index contributed by atoms with van der Waals surface area (Å²) in [6, 6.07) is 6.68. The molecule has 3 rings (SSSR count). The average Bonchev–Trinajstić information content (AvgIpc) is 3.07. The molecular formula is C18H19N3O2S3. The van der Waals surface area contributed by atoms with Gasteiger partial charge in [0.2, 0.25) is 5.13 Å². The fourth-order valence-electron chi connectivity index (χ4n) is 2.34. The zero-order valence-corrected chi connectivity index (χ0v) is 16.7. The number of aromatic nitrogens is 2. The first-order valence-electron chi connectivity index (χ1n) is 8.03. The van der Waals surface area contributed by atoms with Crippen molar-refractivity contribution in [2.45, 2.75) is 22.6 Å². The van der Waals surface area contributed by atoms with Crippen LogP contribution in [0.2, 0.25) is 0 Å². The first kappa shape index (κ1) is 18.9. The molecule has 0 saturated heterocycles. The quantitative estimate of drug-likeness (QED) is 0.690. The summed E-state index contributed by atoms with van der Waals surface area (Å²) in [6.45, 7) is 5.67. The highest BCUT2D eigenvalue weighted by Crippen LogP contribution is 2.30. The summed E-state index contributed by atoms with van der Waals surface area (Å²) in [5.41, 5.74) is 2.15. The molecule has 8 heteroatoms. The van der Waals surface area contributed by atoms with Crippen molar-refractivity contribution in [2.75, 3.05) is 10.5 Å². The Bertz CT molecular complexity index is 944. The van der Waals surface area contributed by atoms with Gasteiger partial charge in [-0.1, -0.05) is 71.7 Å². The van der Waals surface area contributed by atoms with Crippen molar-refractivity contribution in [1.29, 1.82) is 0 Å². The van der Waals surface area contributed by atoms with Crippen LogP contribution in [-0.4, -0.2) is 24.4 Å². The summed E-state index contributed by atoms with van der Waals surface area (Å²) in [5, 5.41) is 8.30. The van der Waals surface area contributed by atoms with Crippen molar-refractivity contribution >= 4 is 38.3 Å². The maximum absolute atomic E-state index is 12.4. The summed E-state index contributed by atoms with van der Waals surface area (Å²) in [6.07, 6.45) is 9.22. The highest BCUT2D eigenvalue weighted by atomic mass is 32.2. The van der Waals surface area contributed by atoms with Gasteiger partial charge in [0, 0.05) is 5.75 Å². The maximum Gasteiger partial charge on any atom is 0.263 e. The summed E-state index contributed by atoms with van der Waals surface area (Å²) in [7, 11) is -3.64. The predicted octanol–water partition coefficient (Wildman–Crippen LogP) is 4.43. The number of hydrogen-bond acceptors (Lipinski definition) is 6. The summed E-state index contributed by atoms with van der Waals surface area (Å²) in [5.74, 6) is 1.30. The predicted molar refractivity (Wildman–Crippen MR) is 108 cm³/mol. The van der Waals surface area contributed by atoms with Crippen molar-refractivity contribution in [1.82, 2.24) is 10.2 Å². The molecular weight excluding hydrogens is 386 g/mol. The Balaban J connectivity index is 1.58. The van der Waals surface area contributed by atoms with Crippen LogP contribution in [0.25, 0.3) is 0 Å². The largest absolute Gasteiger partial charge is 0.263 e. The van der Waals surface area contributed by atoms with Gasteiger partial charge in [-0.25, -0.2) is 8.42 Å². The van der Waals surface area contributed by atoms with E-state index in [0.29, 0.717) is 5.92 Å². The van der Waals surface area contributed by atoms with Crippen molar-refractivity contribution in [2.24, 2.45) is 5.92 Å². The number of benzene rings is 1. The number of nitrogens with zero attached hydrogens (tertiary/aromatic N) is 2. The van der Waals surface area contributed by atoms with Crippen LogP contribution in [0.1, 0.15) is 12.0 Å². The lowest BCUT2D eigenvalue weighted by Crippen LogP contribution is -2.12. The van der Waals surface area contributed by atoms with Crippen LogP contribution in [0, 0.1) is 12.8 Å². The number of rotatable bonds is 7. The first-order valence-corrected chi connectivity index (χ1v) is 11.3. The van der Waals surface area contributed by atoms with Gasteiger partial charge in [0.1, 0.15) is 0 Å². The number of anilines is 1. The molecule has 0 spiro atoms. The van der Waals surface area contributed by atoms with E-state index in [1.807, 2.05) is 13.0 Å². The molecule has 1 aliphatic carbocycles. The molecule has 1 aromatic heterocycles. The zero-order chi connectivity index (χ0) is 18.6. The van der Waals surface area contributed by atoms with Crippen LogP contribution in [0.4, 0.5) is 5.13 Å². The van der Waals surface area contributed by atoms with E-state index >= 15 is 0 Å². The van der Waals surface area contributed by atoms with Crippen LogP contribution in [0.5, 0.6) is 0 Å². The molecule has 1 aliphatic rings. The molecule has 1 atom stereocenters. The Morgan fingerprint density at radius 3 is 2.77 bits per heavy atom. The SMILES string of the molecule is C=CC1=CC[C@@H](CSc2nnc(NS(=O)(=O)c3ccc(C)cc3)s2)C=C1. The number of aryl methyl sites for hydroxylation is 1. The van der Waals surface area contributed by atoms with E-state index in [1.54, 1.807) is 36.0 Å². The minimum Gasteiger partial charge on any atom is -0.253 e. The van der Waals surface area contributed by atoms with Gasteiger partial charge in [0.15, 0.2) is 4.34 Å². The Kier molecular flexibility index (Phi) is 5.95. The lowest BCUT2D eigenvalue weighted by molar-refractivity contribution is 0.601. The number of hydrogen-bond donors (Lipinski definition) is 1. The van der Waals surface area contributed by atoms with Gasteiger partial charge in [-0.3, -0.25) is 4.72 Å². The van der Waals surface area contributed by atoms with Gasteiger partial charge in [0.05, 0.1) is 4.90 Å². The van der Waals surface area contributed by atoms with Gasteiger partial charge >= 0.3 is 0 Å². The Labute approximate surface area is 162 Å². The third-order valence-corrected chi connectivity index (χ3v) is 7.48. The normalized spacial score (nSPS) is 17.0. The maximum atomic E-state index is 12.4. The molecule has 0 aliphatic heterocycles. The van der Waals surface area contributed by atoms with Crippen LogP contribution in [-0.2, 0) is 10.0 Å². The van der Waals surface area contributed by atoms with Gasteiger partial charge in [0.25, 0.3) is 10.0 Å². The lowest BCUT2D eigenvalue weighted by Gasteiger charge is -2.13. The van der Waals surface area contributed by atoms with Gasteiger partial charge in [-0.2, -0.15) is 0 Å². The number of allylic oxidation sites excluding steroid dienone is 5. The van der Waals surface area contributed by atoms with Crippen molar-refractivity contribution in [3.05, 3.63) is 66.3 Å². The fourth-order valence-corrected chi connectivity index (χ4v) is 5.42. The van der Waals surface area contributed by atoms with E-state index in [-0.39, 0.29) is 10.0 Å². The summed E-state index contributed by atoms with van der Waals surface area (Å²) < 4.78 is 28.0. The van der Waals surface area contributed by atoms with E-state index in [0.717, 1.165) is 27.6 Å². The molecule has 26 heavy (non-hydrogen) atoms. The fraction of sp³-hybridized carbons (Fsp3) is 0.222. The minimum absolute atomic E-state index is 0.213. The average molecular weight is 406 g/mol. The minimum atomic E-state index is -3.64. The standard InChI is InChI=1S/C18H19N3O2S3/c1-3-14-6-8-15(9-7-14)12-24-18-20-19-17(25-18)21-26(22,23)16-10-4-13(2)5-11-16/h3-8,10-11,15H,1,9,12H2,2H3,(H,19,21)/t15-/m0/s1. The third kappa shape index (κ3) is 4.84. The second-order valence-electron chi connectivity index (χ2n) is 5.87. The highest BCUT2D eigenvalue weighted by molar-refractivity contribution is 8.01. The van der Waals surface area contributed by atoms with Crippen LogP contribution in [0.15, 0.2) is 70.0 Å². The first-order chi connectivity index (χ1) is 12.5. The van der Waals surface area contributed by atoms with E-state index in [1.165, 1.54) is 11.3 Å². The molecule has 136 valence electrons. The van der Waals surface area contributed by atoms with Gasteiger partial charge < -0.3 is 0 Å².